The average molecular weight is 244 g/mol. The van der Waals surface area contributed by atoms with Gasteiger partial charge < -0.3 is 15.2 Å². The van der Waals surface area contributed by atoms with Gasteiger partial charge in [-0.25, -0.2) is 0 Å². The van der Waals surface area contributed by atoms with Crippen LogP contribution in [0, 0.1) is 0 Å². The molecular formula is C14H16N2O2. The van der Waals surface area contributed by atoms with Crippen LogP contribution in [-0.4, -0.2) is 18.7 Å². The monoisotopic (exact) mass is 244 g/mol. The molecule has 18 heavy (non-hydrogen) atoms. The number of aromatic nitrogens is 1. The molecule has 2 N–H and O–H groups in total. The molecule has 4 nitrogen and oxygen atoms in total. The molecule has 1 aromatic heterocycles. The SMILES string of the molecule is COc1cc(N)ccc1OCCc1cccnc1. The van der Waals surface area contributed by atoms with Gasteiger partial charge in [-0.1, -0.05) is 6.07 Å². The second-order valence-electron chi connectivity index (χ2n) is 3.87. The summed E-state index contributed by atoms with van der Waals surface area (Å²) in [6, 6.07) is 9.30. The highest BCUT2D eigenvalue weighted by molar-refractivity contribution is 5.51. The predicted octanol–water partition coefficient (Wildman–Crippen LogP) is 2.29. The van der Waals surface area contributed by atoms with Gasteiger partial charge in [0, 0.05) is 30.6 Å². The predicted molar refractivity (Wildman–Crippen MR) is 70.8 cm³/mol. The maximum atomic E-state index is 5.68. The molecule has 0 aliphatic rings. The topological polar surface area (TPSA) is 57.4 Å². The van der Waals surface area contributed by atoms with Crippen molar-refractivity contribution < 1.29 is 9.47 Å². The van der Waals surface area contributed by atoms with Crippen LogP contribution in [0.4, 0.5) is 5.69 Å². The Balaban J connectivity index is 1.94. The normalized spacial score (nSPS) is 10.1. The van der Waals surface area contributed by atoms with E-state index in [0.29, 0.717) is 23.8 Å². The van der Waals surface area contributed by atoms with Crippen molar-refractivity contribution in [1.82, 2.24) is 4.98 Å². The third-order valence-electron chi connectivity index (χ3n) is 2.56. The Morgan fingerprint density at radius 3 is 2.83 bits per heavy atom. The van der Waals surface area contributed by atoms with Crippen LogP contribution in [0.1, 0.15) is 5.56 Å². The Hall–Kier alpha value is -2.23. The van der Waals surface area contributed by atoms with Gasteiger partial charge in [0.25, 0.3) is 0 Å². The van der Waals surface area contributed by atoms with Gasteiger partial charge in [-0.2, -0.15) is 0 Å². The minimum absolute atomic E-state index is 0.575. The fraction of sp³-hybridized carbons (Fsp3) is 0.214. The number of ether oxygens (including phenoxy) is 2. The van der Waals surface area contributed by atoms with Gasteiger partial charge in [-0.3, -0.25) is 4.98 Å². The number of nitrogens with two attached hydrogens (primary N) is 1. The number of hydrogen-bond acceptors (Lipinski definition) is 4. The third-order valence-corrected chi connectivity index (χ3v) is 2.56. The summed E-state index contributed by atoms with van der Waals surface area (Å²) in [5.74, 6) is 1.36. The molecule has 2 rings (SSSR count). The van der Waals surface area contributed by atoms with Gasteiger partial charge >= 0.3 is 0 Å². The number of nitrogen functional groups attached to an aromatic ring is 1. The van der Waals surface area contributed by atoms with E-state index in [1.54, 1.807) is 25.4 Å². The molecule has 0 fully saturated rings. The molecule has 0 atom stereocenters. The molecule has 0 saturated heterocycles. The minimum Gasteiger partial charge on any atom is -0.493 e. The van der Waals surface area contributed by atoms with E-state index in [-0.39, 0.29) is 0 Å². The van der Waals surface area contributed by atoms with E-state index in [0.717, 1.165) is 12.0 Å². The fourth-order valence-electron chi connectivity index (χ4n) is 1.63. The van der Waals surface area contributed by atoms with Crippen LogP contribution in [-0.2, 0) is 6.42 Å². The lowest BCUT2D eigenvalue weighted by atomic mass is 10.2. The summed E-state index contributed by atoms with van der Waals surface area (Å²) in [6.07, 6.45) is 4.40. The molecule has 4 heteroatoms. The van der Waals surface area contributed by atoms with Crippen LogP contribution < -0.4 is 15.2 Å². The Morgan fingerprint density at radius 1 is 1.22 bits per heavy atom. The standard InChI is InChI=1S/C14H16N2O2/c1-17-14-9-12(15)4-5-13(14)18-8-6-11-3-2-7-16-10-11/h2-5,7,9-10H,6,8,15H2,1H3. The van der Waals surface area contributed by atoms with E-state index in [9.17, 15) is 0 Å². The van der Waals surface area contributed by atoms with E-state index in [2.05, 4.69) is 4.98 Å². The molecule has 0 amide bonds. The van der Waals surface area contributed by atoms with Crippen molar-refractivity contribution in [3.8, 4) is 11.5 Å². The zero-order valence-corrected chi connectivity index (χ0v) is 10.3. The Kier molecular flexibility index (Phi) is 4.02. The van der Waals surface area contributed by atoms with Crippen molar-refractivity contribution >= 4 is 5.69 Å². The van der Waals surface area contributed by atoms with Gasteiger partial charge in [0.2, 0.25) is 0 Å². The summed E-state index contributed by atoms with van der Waals surface area (Å²) in [5.41, 5.74) is 7.48. The number of nitrogens with zero attached hydrogens (tertiary/aromatic N) is 1. The zero-order chi connectivity index (χ0) is 12.8. The maximum Gasteiger partial charge on any atom is 0.162 e. The van der Waals surface area contributed by atoms with Crippen LogP contribution in [0.25, 0.3) is 0 Å². The first-order valence-electron chi connectivity index (χ1n) is 5.75. The lowest BCUT2D eigenvalue weighted by Gasteiger charge is -2.11. The lowest BCUT2D eigenvalue weighted by molar-refractivity contribution is 0.297. The highest BCUT2D eigenvalue weighted by Crippen LogP contribution is 2.28. The van der Waals surface area contributed by atoms with Crippen LogP contribution in [0.2, 0.25) is 0 Å². The fourth-order valence-corrected chi connectivity index (χ4v) is 1.63. The van der Waals surface area contributed by atoms with E-state index >= 15 is 0 Å². The lowest BCUT2D eigenvalue weighted by Crippen LogP contribution is -2.03. The number of methoxy groups -OCH3 is 1. The molecule has 94 valence electrons. The van der Waals surface area contributed by atoms with Gasteiger partial charge in [-0.05, 0) is 23.8 Å². The first-order chi connectivity index (χ1) is 8.79. The molecule has 1 aromatic carbocycles. The van der Waals surface area contributed by atoms with Gasteiger partial charge in [0.1, 0.15) is 0 Å². The maximum absolute atomic E-state index is 5.68. The molecule has 0 spiro atoms. The Labute approximate surface area is 106 Å². The first kappa shape index (κ1) is 12.2. The first-order valence-corrected chi connectivity index (χ1v) is 5.75. The quantitative estimate of drug-likeness (QED) is 0.820. The summed E-state index contributed by atoms with van der Waals surface area (Å²) < 4.78 is 10.9. The zero-order valence-electron chi connectivity index (χ0n) is 10.3. The highest BCUT2D eigenvalue weighted by atomic mass is 16.5. The minimum atomic E-state index is 0.575. The van der Waals surface area contributed by atoms with E-state index in [1.807, 2.05) is 24.4 Å². The summed E-state index contributed by atoms with van der Waals surface area (Å²) in [5, 5.41) is 0. The van der Waals surface area contributed by atoms with Crippen LogP contribution in [0.5, 0.6) is 11.5 Å². The second kappa shape index (κ2) is 5.91. The number of rotatable bonds is 5. The molecular weight excluding hydrogens is 228 g/mol. The Bertz CT molecular complexity index is 500. The van der Waals surface area contributed by atoms with Crippen LogP contribution in [0.3, 0.4) is 0 Å². The van der Waals surface area contributed by atoms with Crippen molar-refractivity contribution in [3.63, 3.8) is 0 Å². The molecule has 0 aliphatic carbocycles. The van der Waals surface area contributed by atoms with Gasteiger partial charge in [0.05, 0.1) is 13.7 Å². The molecule has 0 aliphatic heterocycles. The van der Waals surface area contributed by atoms with Crippen molar-refractivity contribution in [2.75, 3.05) is 19.5 Å². The van der Waals surface area contributed by atoms with Crippen molar-refractivity contribution in [2.45, 2.75) is 6.42 Å². The Morgan fingerprint density at radius 2 is 2.11 bits per heavy atom. The van der Waals surface area contributed by atoms with Crippen molar-refractivity contribution in [3.05, 3.63) is 48.3 Å². The van der Waals surface area contributed by atoms with Crippen molar-refractivity contribution in [2.24, 2.45) is 0 Å². The summed E-state index contributed by atoms with van der Waals surface area (Å²) >= 11 is 0. The second-order valence-corrected chi connectivity index (χ2v) is 3.87. The molecule has 0 bridgehead atoms. The smallest absolute Gasteiger partial charge is 0.162 e. The molecule has 0 saturated carbocycles. The summed E-state index contributed by atoms with van der Waals surface area (Å²) in [4.78, 5) is 4.06. The number of anilines is 1. The van der Waals surface area contributed by atoms with E-state index in [1.165, 1.54) is 0 Å². The average Bonchev–Trinajstić information content (AvgIpc) is 2.41. The third kappa shape index (κ3) is 3.13. The van der Waals surface area contributed by atoms with Gasteiger partial charge in [0.15, 0.2) is 11.5 Å². The highest BCUT2D eigenvalue weighted by Gasteiger charge is 2.04. The molecule has 1 heterocycles. The van der Waals surface area contributed by atoms with Crippen LogP contribution >= 0.6 is 0 Å². The van der Waals surface area contributed by atoms with Gasteiger partial charge in [-0.15, -0.1) is 0 Å². The molecule has 0 unspecified atom stereocenters. The molecule has 2 aromatic rings. The number of pyridine rings is 1. The van der Waals surface area contributed by atoms with Crippen LogP contribution in [0.15, 0.2) is 42.7 Å². The summed E-state index contributed by atoms with van der Waals surface area (Å²) in [7, 11) is 1.60. The van der Waals surface area contributed by atoms with E-state index < -0.39 is 0 Å². The number of benzene rings is 1. The molecule has 0 radical (unpaired) electrons. The largest absolute Gasteiger partial charge is 0.493 e. The number of hydrogen-bond donors (Lipinski definition) is 1. The van der Waals surface area contributed by atoms with E-state index in [4.69, 9.17) is 15.2 Å². The van der Waals surface area contributed by atoms with Crippen molar-refractivity contribution in [1.29, 1.82) is 0 Å². The summed E-state index contributed by atoms with van der Waals surface area (Å²) in [6.45, 7) is 0.575.